The largest absolute Gasteiger partial charge is 0.325 e. The lowest BCUT2D eigenvalue weighted by atomic mass is 9.92. The van der Waals surface area contributed by atoms with Crippen LogP contribution in [0.15, 0.2) is 18.5 Å². The van der Waals surface area contributed by atoms with Crippen LogP contribution in [0.2, 0.25) is 0 Å². The van der Waals surface area contributed by atoms with Gasteiger partial charge in [-0.25, -0.2) is 4.79 Å². The molecule has 1 spiro atoms. The summed E-state index contributed by atoms with van der Waals surface area (Å²) in [5, 5.41) is 5.60. The number of amides is 5. The number of fused-ring (bicyclic) bond motifs is 1. The first-order chi connectivity index (χ1) is 13.2. The van der Waals surface area contributed by atoms with E-state index < -0.39 is 22.9 Å². The SMILES string of the molecule is CC1(C)CN(C(=O)CN2C(=O)NC3(CCCC3)C2=O)c2cnccc2NC1=O. The highest BCUT2D eigenvalue weighted by Gasteiger charge is 2.53. The van der Waals surface area contributed by atoms with Crippen LogP contribution in [0.4, 0.5) is 16.2 Å². The molecule has 0 aromatic carbocycles. The van der Waals surface area contributed by atoms with Crippen LogP contribution in [0.1, 0.15) is 39.5 Å². The normalized spacial score (nSPS) is 22.7. The molecule has 1 saturated heterocycles. The number of carbonyl (C=O) groups is 4. The summed E-state index contributed by atoms with van der Waals surface area (Å²) in [6, 6.07) is 1.09. The summed E-state index contributed by atoms with van der Waals surface area (Å²) in [5.41, 5.74) is -0.775. The Kier molecular flexibility index (Phi) is 4.13. The van der Waals surface area contributed by atoms with Crippen molar-refractivity contribution in [2.75, 3.05) is 23.3 Å². The molecule has 1 saturated carbocycles. The Morgan fingerprint density at radius 1 is 1.21 bits per heavy atom. The third-order valence-electron chi connectivity index (χ3n) is 5.80. The Morgan fingerprint density at radius 3 is 2.64 bits per heavy atom. The van der Waals surface area contributed by atoms with Crippen LogP contribution in [0.5, 0.6) is 0 Å². The Balaban J connectivity index is 1.61. The molecular weight excluding hydrogens is 362 g/mol. The fourth-order valence-electron chi connectivity index (χ4n) is 4.13. The van der Waals surface area contributed by atoms with Crippen LogP contribution >= 0.6 is 0 Å². The first-order valence-electron chi connectivity index (χ1n) is 9.43. The van der Waals surface area contributed by atoms with Crippen molar-refractivity contribution in [2.45, 2.75) is 45.1 Å². The van der Waals surface area contributed by atoms with Crippen molar-refractivity contribution in [3.05, 3.63) is 18.5 Å². The van der Waals surface area contributed by atoms with Gasteiger partial charge in [0.1, 0.15) is 12.1 Å². The van der Waals surface area contributed by atoms with E-state index in [1.807, 2.05) is 0 Å². The van der Waals surface area contributed by atoms with Crippen LogP contribution < -0.4 is 15.5 Å². The van der Waals surface area contributed by atoms with E-state index in [1.165, 1.54) is 17.3 Å². The van der Waals surface area contributed by atoms with Crippen molar-refractivity contribution in [2.24, 2.45) is 5.41 Å². The van der Waals surface area contributed by atoms with Crippen molar-refractivity contribution >= 4 is 35.1 Å². The molecule has 1 aromatic rings. The monoisotopic (exact) mass is 385 g/mol. The molecular formula is C19H23N5O4. The number of rotatable bonds is 2. The highest BCUT2D eigenvalue weighted by molar-refractivity contribution is 6.12. The molecule has 0 radical (unpaired) electrons. The fraction of sp³-hybridized carbons (Fsp3) is 0.526. The molecule has 2 fully saturated rings. The zero-order valence-corrected chi connectivity index (χ0v) is 15.9. The Hall–Kier alpha value is -2.97. The summed E-state index contributed by atoms with van der Waals surface area (Å²) in [6.07, 6.45) is 5.98. The van der Waals surface area contributed by atoms with E-state index in [0.29, 0.717) is 24.2 Å². The summed E-state index contributed by atoms with van der Waals surface area (Å²) in [5.74, 6) is -0.981. The molecule has 5 amide bonds. The number of pyridine rings is 1. The van der Waals surface area contributed by atoms with E-state index in [2.05, 4.69) is 15.6 Å². The predicted octanol–water partition coefficient (Wildman–Crippen LogP) is 1.26. The lowest BCUT2D eigenvalue weighted by Gasteiger charge is -2.29. The fourth-order valence-corrected chi connectivity index (χ4v) is 4.13. The number of carbonyl (C=O) groups excluding carboxylic acids is 4. The molecule has 3 heterocycles. The number of hydrogen-bond acceptors (Lipinski definition) is 5. The van der Waals surface area contributed by atoms with Gasteiger partial charge in [-0.05, 0) is 32.8 Å². The number of anilines is 2. The van der Waals surface area contributed by atoms with Gasteiger partial charge in [-0.15, -0.1) is 0 Å². The standard InChI is InChI=1S/C19H23N5O4/c1-18(2)11-24(13-9-20-8-5-12(13)21-15(18)26)14(25)10-23-16(27)19(22-17(23)28)6-3-4-7-19/h5,8-9H,3-4,6-7,10-11H2,1-2H3,(H,21,26)(H,22,28). The van der Waals surface area contributed by atoms with Gasteiger partial charge >= 0.3 is 6.03 Å². The second-order valence-corrected chi connectivity index (χ2v) is 8.32. The van der Waals surface area contributed by atoms with Gasteiger partial charge < -0.3 is 15.5 Å². The zero-order valence-electron chi connectivity index (χ0n) is 15.9. The predicted molar refractivity (Wildman–Crippen MR) is 100 cm³/mol. The minimum Gasteiger partial charge on any atom is -0.324 e. The third-order valence-corrected chi connectivity index (χ3v) is 5.80. The molecule has 1 aliphatic carbocycles. The first-order valence-corrected chi connectivity index (χ1v) is 9.43. The summed E-state index contributed by atoms with van der Waals surface area (Å²) in [4.78, 5) is 57.4. The van der Waals surface area contributed by atoms with Crippen molar-refractivity contribution < 1.29 is 19.2 Å². The van der Waals surface area contributed by atoms with Crippen LogP contribution in [0.3, 0.4) is 0 Å². The molecule has 28 heavy (non-hydrogen) atoms. The second-order valence-electron chi connectivity index (χ2n) is 8.32. The van der Waals surface area contributed by atoms with Crippen molar-refractivity contribution in [1.29, 1.82) is 0 Å². The Labute approximate surface area is 162 Å². The summed E-state index contributed by atoms with van der Waals surface area (Å²) in [7, 11) is 0. The molecule has 3 aliphatic rings. The minimum atomic E-state index is -0.855. The molecule has 2 N–H and O–H groups in total. The maximum Gasteiger partial charge on any atom is 0.325 e. The lowest BCUT2D eigenvalue weighted by molar-refractivity contribution is -0.134. The van der Waals surface area contributed by atoms with Gasteiger partial charge in [-0.2, -0.15) is 0 Å². The Bertz CT molecular complexity index is 875. The van der Waals surface area contributed by atoms with Crippen LogP contribution in [-0.4, -0.2) is 52.3 Å². The highest BCUT2D eigenvalue weighted by atomic mass is 16.2. The van der Waals surface area contributed by atoms with E-state index >= 15 is 0 Å². The van der Waals surface area contributed by atoms with Gasteiger partial charge in [-0.3, -0.25) is 24.3 Å². The van der Waals surface area contributed by atoms with Gasteiger partial charge in [0, 0.05) is 12.7 Å². The quantitative estimate of drug-likeness (QED) is 0.745. The molecule has 9 heteroatoms. The number of urea groups is 1. The van der Waals surface area contributed by atoms with E-state index in [0.717, 1.165) is 17.7 Å². The topological polar surface area (TPSA) is 112 Å². The zero-order chi connectivity index (χ0) is 20.1. The Morgan fingerprint density at radius 2 is 1.93 bits per heavy atom. The van der Waals surface area contributed by atoms with Gasteiger partial charge in [0.25, 0.3) is 5.91 Å². The maximum absolute atomic E-state index is 13.1. The summed E-state index contributed by atoms with van der Waals surface area (Å²) >= 11 is 0. The lowest BCUT2D eigenvalue weighted by Crippen LogP contribution is -2.48. The second kappa shape index (κ2) is 6.29. The minimum absolute atomic E-state index is 0.116. The number of nitrogens with zero attached hydrogens (tertiary/aromatic N) is 3. The van der Waals surface area contributed by atoms with Gasteiger partial charge in [0.05, 0.1) is 23.0 Å². The number of aromatic nitrogens is 1. The van der Waals surface area contributed by atoms with Crippen LogP contribution in [-0.2, 0) is 14.4 Å². The van der Waals surface area contributed by atoms with Crippen molar-refractivity contribution in [3.8, 4) is 0 Å². The van der Waals surface area contributed by atoms with E-state index in [-0.39, 0.29) is 24.9 Å². The average Bonchev–Trinajstić information content (AvgIpc) is 3.18. The molecule has 4 rings (SSSR count). The molecule has 0 bridgehead atoms. The van der Waals surface area contributed by atoms with Gasteiger partial charge in [-0.1, -0.05) is 12.8 Å². The molecule has 2 aliphatic heterocycles. The highest BCUT2D eigenvalue weighted by Crippen LogP contribution is 2.36. The number of nitrogens with one attached hydrogen (secondary N) is 2. The summed E-state index contributed by atoms with van der Waals surface area (Å²) < 4.78 is 0. The average molecular weight is 385 g/mol. The van der Waals surface area contributed by atoms with Gasteiger partial charge in [0.15, 0.2) is 0 Å². The maximum atomic E-state index is 13.1. The van der Waals surface area contributed by atoms with Gasteiger partial charge in [0.2, 0.25) is 11.8 Å². The smallest absolute Gasteiger partial charge is 0.324 e. The van der Waals surface area contributed by atoms with Crippen LogP contribution in [0.25, 0.3) is 0 Å². The molecule has 0 atom stereocenters. The van der Waals surface area contributed by atoms with E-state index in [9.17, 15) is 19.2 Å². The third kappa shape index (κ3) is 2.81. The van der Waals surface area contributed by atoms with E-state index in [4.69, 9.17) is 0 Å². The summed E-state index contributed by atoms with van der Waals surface area (Å²) in [6.45, 7) is 3.22. The van der Waals surface area contributed by atoms with Crippen molar-refractivity contribution in [3.63, 3.8) is 0 Å². The molecule has 9 nitrogen and oxygen atoms in total. The first kappa shape index (κ1) is 18.4. The van der Waals surface area contributed by atoms with E-state index in [1.54, 1.807) is 19.9 Å². The molecule has 0 unspecified atom stereocenters. The molecule has 1 aromatic heterocycles. The molecule has 148 valence electrons. The van der Waals surface area contributed by atoms with Crippen molar-refractivity contribution in [1.82, 2.24) is 15.2 Å². The number of imide groups is 1. The number of hydrogen-bond donors (Lipinski definition) is 2. The van der Waals surface area contributed by atoms with Crippen LogP contribution in [0, 0.1) is 5.41 Å².